The van der Waals surface area contributed by atoms with Gasteiger partial charge in [-0.1, -0.05) is 0 Å². The van der Waals surface area contributed by atoms with E-state index in [0.29, 0.717) is 10.2 Å². The maximum absolute atomic E-state index is 12.6. The van der Waals surface area contributed by atoms with Crippen molar-refractivity contribution in [3.8, 4) is 0 Å². The molecule has 2 heterocycles. The molecule has 142 valence electrons. The second-order valence-electron chi connectivity index (χ2n) is 6.04. The van der Waals surface area contributed by atoms with E-state index in [1.54, 1.807) is 0 Å². The third-order valence-corrected chi connectivity index (χ3v) is 5.28. The lowest BCUT2D eigenvalue weighted by Gasteiger charge is -2.13. The van der Waals surface area contributed by atoms with Gasteiger partial charge in [0.15, 0.2) is 11.9 Å². The lowest BCUT2D eigenvalue weighted by molar-refractivity contribution is -0.137. The first-order chi connectivity index (χ1) is 12.6. The third-order valence-electron chi connectivity index (χ3n) is 4.17. The van der Waals surface area contributed by atoms with E-state index >= 15 is 0 Å². The number of alkyl halides is 3. The Bertz CT molecular complexity index is 1070. The molecule has 9 heteroatoms. The Morgan fingerprint density at radius 2 is 1.85 bits per heavy atom. The van der Waals surface area contributed by atoms with Crippen LogP contribution in [0.1, 0.15) is 45.2 Å². The van der Waals surface area contributed by atoms with E-state index < -0.39 is 23.8 Å². The molecule has 0 radical (unpaired) electrons. The number of rotatable bonds is 3. The van der Waals surface area contributed by atoms with Crippen LogP contribution >= 0.6 is 11.3 Å². The predicted octanol–water partition coefficient (Wildman–Crippen LogP) is 4.54. The zero-order valence-electron chi connectivity index (χ0n) is 14.6. The van der Waals surface area contributed by atoms with Gasteiger partial charge in [0, 0.05) is 4.88 Å². The number of halogens is 3. The average molecular weight is 396 g/mol. The zero-order valence-corrected chi connectivity index (χ0v) is 15.4. The van der Waals surface area contributed by atoms with E-state index in [1.165, 1.54) is 18.3 Å². The molecule has 0 unspecified atom stereocenters. The molecule has 0 amide bonds. The molecule has 0 bridgehead atoms. The van der Waals surface area contributed by atoms with E-state index in [2.05, 4.69) is 9.97 Å². The third kappa shape index (κ3) is 3.73. The van der Waals surface area contributed by atoms with E-state index in [1.807, 2.05) is 13.8 Å². The number of carbonyl (C=O) groups excluding carboxylic acids is 1. The second kappa shape index (κ2) is 6.80. The number of benzene rings is 1. The first-order valence-corrected chi connectivity index (χ1v) is 8.77. The Hall–Kier alpha value is -2.68. The van der Waals surface area contributed by atoms with Crippen molar-refractivity contribution in [1.82, 2.24) is 9.97 Å². The number of esters is 1. The van der Waals surface area contributed by atoms with Crippen LogP contribution in [-0.4, -0.2) is 15.9 Å². The van der Waals surface area contributed by atoms with Crippen molar-refractivity contribution in [2.75, 3.05) is 0 Å². The molecule has 2 aromatic heterocycles. The SMILES string of the molecule is Cc1sc2nc([C@@H](C)OC(=O)c3ccc(C(F)(F)F)cc3)[nH]c(=O)c2c1C. The second-order valence-corrected chi connectivity index (χ2v) is 7.24. The van der Waals surface area contributed by atoms with Gasteiger partial charge in [-0.15, -0.1) is 11.3 Å². The lowest BCUT2D eigenvalue weighted by atomic mass is 10.1. The number of fused-ring (bicyclic) bond motifs is 1. The summed E-state index contributed by atoms with van der Waals surface area (Å²) in [6.45, 7) is 5.24. The number of nitrogens with zero attached hydrogens (tertiary/aromatic N) is 1. The van der Waals surface area contributed by atoms with E-state index in [-0.39, 0.29) is 16.9 Å². The van der Waals surface area contributed by atoms with E-state index in [4.69, 9.17) is 4.74 Å². The Balaban J connectivity index is 1.82. The number of hydrogen-bond acceptors (Lipinski definition) is 5. The fourth-order valence-corrected chi connectivity index (χ4v) is 3.58. The normalized spacial score (nSPS) is 13.0. The largest absolute Gasteiger partial charge is 0.451 e. The summed E-state index contributed by atoms with van der Waals surface area (Å²) in [5.41, 5.74) is -0.355. The zero-order chi connectivity index (χ0) is 19.9. The molecule has 3 aromatic rings. The summed E-state index contributed by atoms with van der Waals surface area (Å²) in [4.78, 5) is 32.9. The average Bonchev–Trinajstić information content (AvgIpc) is 2.88. The highest BCUT2D eigenvalue weighted by Crippen LogP contribution is 2.30. The molecule has 1 atom stereocenters. The van der Waals surface area contributed by atoms with Gasteiger partial charge < -0.3 is 9.72 Å². The van der Waals surface area contributed by atoms with Crippen LogP contribution in [0, 0.1) is 13.8 Å². The molecule has 3 rings (SSSR count). The summed E-state index contributed by atoms with van der Waals surface area (Å²) in [5.74, 6) is -0.633. The number of H-pyrrole nitrogens is 1. The molecule has 5 nitrogen and oxygen atoms in total. The smallest absolute Gasteiger partial charge is 0.416 e. The van der Waals surface area contributed by atoms with E-state index in [0.717, 1.165) is 34.7 Å². The summed E-state index contributed by atoms with van der Waals surface area (Å²) >= 11 is 1.37. The summed E-state index contributed by atoms with van der Waals surface area (Å²) in [6, 6.07) is 3.71. The number of hydrogen-bond donors (Lipinski definition) is 1. The van der Waals surface area contributed by atoms with Crippen LogP contribution in [0.25, 0.3) is 10.2 Å². The highest BCUT2D eigenvalue weighted by atomic mass is 32.1. The van der Waals surface area contributed by atoms with Gasteiger partial charge in [0.1, 0.15) is 4.83 Å². The van der Waals surface area contributed by atoms with Crippen LogP contribution in [0.2, 0.25) is 0 Å². The van der Waals surface area contributed by atoms with Gasteiger partial charge >= 0.3 is 12.1 Å². The number of aryl methyl sites for hydroxylation is 2. The minimum Gasteiger partial charge on any atom is -0.451 e. The number of carbonyl (C=O) groups is 1. The summed E-state index contributed by atoms with van der Waals surface area (Å²) in [5, 5.41) is 0.502. The molecule has 0 aliphatic rings. The monoisotopic (exact) mass is 396 g/mol. The number of nitrogens with one attached hydrogen (secondary N) is 1. The quantitative estimate of drug-likeness (QED) is 0.660. The van der Waals surface area contributed by atoms with Crippen molar-refractivity contribution in [3.05, 3.63) is 62.0 Å². The topological polar surface area (TPSA) is 72.0 Å². The predicted molar refractivity (Wildman–Crippen MR) is 95.0 cm³/mol. The van der Waals surface area contributed by atoms with Crippen molar-refractivity contribution >= 4 is 27.5 Å². The van der Waals surface area contributed by atoms with Crippen molar-refractivity contribution in [1.29, 1.82) is 0 Å². The Labute approximate surface area is 155 Å². The Morgan fingerprint density at radius 3 is 2.44 bits per heavy atom. The first-order valence-electron chi connectivity index (χ1n) is 7.96. The summed E-state index contributed by atoms with van der Waals surface area (Å²) in [6.07, 6.45) is -5.36. The minimum atomic E-state index is -4.48. The number of aromatic nitrogens is 2. The van der Waals surface area contributed by atoms with Crippen molar-refractivity contribution < 1.29 is 22.7 Å². The molecule has 0 spiro atoms. The number of ether oxygens (including phenoxy) is 1. The van der Waals surface area contributed by atoms with Crippen molar-refractivity contribution in [3.63, 3.8) is 0 Å². The highest BCUT2D eigenvalue weighted by molar-refractivity contribution is 7.18. The Morgan fingerprint density at radius 1 is 1.22 bits per heavy atom. The van der Waals surface area contributed by atoms with Crippen LogP contribution in [-0.2, 0) is 10.9 Å². The molecule has 27 heavy (non-hydrogen) atoms. The molecular weight excluding hydrogens is 381 g/mol. The fraction of sp³-hybridized carbons (Fsp3) is 0.278. The highest BCUT2D eigenvalue weighted by Gasteiger charge is 2.30. The molecule has 0 saturated heterocycles. The van der Waals surface area contributed by atoms with E-state index in [9.17, 15) is 22.8 Å². The standard InChI is InChI=1S/C18H15F3N2O3S/c1-8-10(3)27-16-13(8)15(24)22-14(23-16)9(2)26-17(25)11-4-6-12(7-5-11)18(19,20)21/h4-7,9H,1-3H3,(H,22,23,24)/t9-/m1/s1. The van der Waals surface area contributed by atoms with Crippen LogP contribution in [0.5, 0.6) is 0 Å². The molecule has 1 aromatic carbocycles. The van der Waals surface area contributed by atoms with Gasteiger partial charge in [0.25, 0.3) is 5.56 Å². The lowest BCUT2D eigenvalue weighted by Crippen LogP contribution is -2.17. The Kier molecular flexibility index (Phi) is 4.81. The van der Waals surface area contributed by atoms with Crippen LogP contribution in [0.4, 0.5) is 13.2 Å². The maximum atomic E-state index is 12.6. The molecule has 1 N–H and O–H groups in total. The molecule has 0 saturated carbocycles. The van der Waals surface area contributed by atoms with Gasteiger partial charge in [-0.2, -0.15) is 13.2 Å². The van der Waals surface area contributed by atoms with Crippen LogP contribution in [0.15, 0.2) is 29.1 Å². The number of aromatic amines is 1. The van der Waals surface area contributed by atoms with Gasteiger partial charge in [-0.3, -0.25) is 4.79 Å². The van der Waals surface area contributed by atoms with Crippen LogP contribution in [0.3, 0.4) is 0 Å². The van der Waals surface area contributed by atoms with Gasteiger partial charge in [0.05, 0.1) is 16.5 Å². The van der Waals surface area contributed by atoms with Gasteiger partial charge in [0.2, 0.25) is 0 Å². The fourth-order valence-electron chi connectivity index (χ4n) is 2.54. The van der Waals surface area contributed by atoms with Gasteiger partial charge in [-0.05, 0) is 50.6 Å². The summed E-state index contributed by atoms with van der Waals surface area (Å²) < 4.78 is 43.0. The molecule has 0 fully saturated rings. The maximum Gasteiger partial charge on any atom is 0.416 e. The summed E-state index contributed by atoms with van der Waals surface area (Å²) in [7, 11) is 0. The minimum absolute atomic E-state index is 0.0268. The molecule has 0 aliphatic carbocycles. The number of thiophene rings is 1. The van der Waals surface area contributed by atoms with Crippen molar-refractivity contribution in [2.24, 2.45) is 0 Å². The van der Waals surface area contributed by atoms with Gasteiger partial charge in [-0.25, -0.2) is 9.78 Å². The van der Waals surface area contributed by atoms with Crippen molar-refractivity contribution in [2.45, 2.75) is 33.1 Å². The van der Waals surface area contributed by atoms with Crippen LogP contribution < -0.4 is 5.56 Å². The first kappa shape index (κ1) is 19.1. The molecular formula is C18H15F3N2O3S. The molecule has 0 aliphatic heterocycles.